The zero-order valence-corrected chi connectivity index (χ0v) is 14.4. The predicted octanol–water partition coefficient (Wildman–Crippen LogP) is 3.41. The monoisotopic (exact) mass is 398 g/mol. The van der Waals surface area contributed by atoms with E-state index in [2.05, 4.69) is 15.3 Å². The number of benzene rings is 1. The third kappa shape index (κ3) is 3.43. The number of anilines is 2. The first-order chi connectivity index (χ1) is 13.3. The van der Waals surface area contributed by atoms with Gasteiger partial charge in [-0.3, -0.25) is 0 Å². The highest BCUT2D eigenvalue weighted by Crippen LogP contribution is 2.32. The molecule has 0 aliphatic carbocycles. The summed E-state index contributed by atoms with van der Waals surface area (Å²) in [6.07, 6.45) is -7.19. The van der Waals surface area contributed by atoms with E-state index in [1.54, 1.807) is 18.2 Å². The zero-order valence-electron chi connectivity index (χ0n) is 14.4. The first-order valence-electron chi connectivity index (χ1n) is 8.50. The van der Waals surface area contributed by atoms with Gasteiger partial charge in [0.2, 0.25) is 5.82 Å². The molecule has 11 heteroatoms. The lowest BCUT2D eigenvalue weighted by Gasteiger charge is -2.36. The lowest BCUT2D eigenvalue weighted by atomic mass is 10.1. The van der Waals surface area contributed by atoms with Gasteiger partial charge in [-0.25, -0.2) is 8.78 Å². The van der Waals surface area contributed by atoms with Crippen LogP contribution in [0, 0.1) is 0 Å². The van der Waals surface area contributed by atoms with Crippen molar-refractivity contribution in [1.29, 1.82) is 0 Å². The van der Waals surface area contributed by atoms with Gasteiger partial charge >= 0.3 is 6.18 Å². The summed E-state index contributed by atoms with van der Waals surface area (Å²) < 4.78 is 65.7. The highest BCUT2D eigenvalue weighted by Gasteiger charge is 2.31. The van der Waals surface area contributed by atoms with Crippen molar-refractivity contribution in [3.63, 3.8) is 0 Å². The molecule has 0 atom stereocenters. The van der Waals surface area contributed by atoms with Crippen molar-refractivity contribution in [3.05, 3.63) is 47.8 Å². The second kappa shape index (κ2) is 6.88. The molecule has 3 aromatic rings. The predicted molar refractivity (Wildman–Crippen MR) is 91.6 cm³/mol. The van der Waals surface area contributed by atoms with Crippen LogP contribution in [0.5, 0.6) is 0 Å². The number of hydrogen-bond acceptors (Lipinski definition) is 5. The first kappa shape index (κ1) is 18.4. The van der Waals surface area contributed by atoms with Crippen LogP contribution in [0.1, 0.15) is 17.8 Å². The fourth-order valence-corrected chi connectivity index (χ4v) is 3.17. The Morgan fingerprint density at radius 2 is 1.61 bits per heavy atom. The molecule has 0 bridgehead atoms. The van der Waals surface area contributed by atoms with E-state index in [-0.39, 0.29) is 5.65 Å². The molecule has 6 nitrogen and oxygen atoms in total. The molecule has 1 fully saturated rings. The van der Waals surface area contributed by atoms with Gasteiger partial charge in [0.05, 0.1) is 5.56 Å². The third-order valence-corrected chi connectivity index (χ3v) is 4.61. The van der Waals surface area contributed by atoms with Crippen LogP contribution in [0.3, 0.4) is 0 Å². The summed E-state index contributed by atoms with van der Waals surface area (Å²) in [7, 11) is 0. The molecule has 0 radical (unpaired) electrons. The number of aromatic nitrogens is 4. The molecule has 28 heavy (non-hydrogen) atoms. The molecule has 0 unspecified atom stereocenters. The number of hydrogen-bond donors (Lipinski definition) is 0. The van der Waals surface area contributed by atoms with Crippen LogP contribution in [0.4, 0.5) is 33.5 Å². The zero-order chi connectivity index (χ0) is 19.9. The van der Waals surface area contributed by atoms with Crippen LogP contribution >= 0.6 is 0 Å². The van der Waals surface area contributed by atoms with Gasteiger partial charge in [0.1, 0.15) is 5.82 Å². The minimum absolute atomic E-state index is 0.224. The Kier molecular flexibility index (Phi) is 4.52. The van der Waals surface area contributed by atoms with Gasteiger partial charge in [0.15, 0.2) is 5.65 Å². The topological polar surface area (TPSA) is 49.6 Å². The van der Waals surface area contributed by atoms with E-state index in [1.165, 1.54) is 6.07 Å². The van der Waals surface area contributed by atoms with Crippen molar-refractivity contribution in [3.8, 4) is 0 Å². The average Bonchev–Trinajstić information content (AvgIpc) is 3.11. The average molecular weight is 398 g/mol. The molecular weight excluding hydrogens is 383 g/mol. The number of alkyl halides is 5. The largest absolute Gasteiger partial charge is 0.416 e. The van der Waals surface area contributed by atoms with Crippen LogP contribution < -0.4 is 9.80 Å². The van der Waals surface area contributed by atoms with E-state index in [4.69, 9.17) is 0 Å². The van der Waals surface area contributed by atoms with Gasteiger partial charge in [-0.2, -0.15) is 17.7 Å². The first-order valence-corrected chi connectivity index (χ1v) is 8.50. The fraction of sp³-hybridized carbons (Fsp3) is 0.353. The van der Waals surface area contributed by atoms with Crippen molar-refractivity contribution in [2.24, 2.45) is 0 Å². The van der Waals surface area contributed by atoms with Crippen LogP contribution in [0.25, 0.3) is 5.65 Å². The van der Waals surface area contributed by atoms with Gasteiger partial charge < -0.3 is 9.80 Å². The molecule has 2 aromatic heterocycles. The van der Waals surface area contributed by atoms with Crippen LogP contribution in [-0.2, 0) is 6.18 Å². The molecule has 0 amide bonds. The molecule has 1 saturated heterocycles. The number of halogens is 5. The van der Waals surface area contributed by atoms with E-state index in [9.17, 15) is 22.0 Å². The Labute approximate surface area is 156 Å². The molecule has 0 N–H and O–H groups in total. The molecule has 1 aliphatic rings. The smallest absolute Gasteiger partial charge is 0.368 e. The Hall–Kier alpha value is -2.98. The summed E-state index contributed by atoms with van der Waals surface area (Å²) in [5, 5.41) is 11.3. The van der Waals surface area contributed by atoms with Gasteiger partial charge in [-0.15, -0.1) is 15.3 Å². The molecule has 0 saturated carbocycles. The molecule has 1 aliphatic heterocycles. The Morgan fingerprint density at radius 1 is 0.893 bits per heavy atom. The standard InChI is InChI=1S/C17H15F5N6/c18-15(19)16-24-23-13-4-5-14(25-28(13)16)27-8-6-26(7-9-27)12-3-1-2-11(10-12)17(20,21)22/h1-5,10,15H,6-9H2. The van der Waals surface area contributed by atoms with Gasteiger partial charge in [-0.05, 0) is 30.3 Å². The minimum Gasteiger partial charge on any atom is -0.368 e. The molecule has 3 heterocycles. The van der Waals surface area contributed by atoms with Gasteiger partial charge in [-0.1, -0.05) is 6.07 Å². The second-order valence-electron chi connectivity index (χ2n) is 6.34. The maximum absolute atomic E-state index is 13.0. The summed E-state index contributed by atoms with van der Waals surface area (Å²) in [5.74, 6) is -0.0441. The summed E-state index contributed by atoms with van der Waals surface area (Å²) in [6.45, 7) is 1.93. The lowest BCUT2D eigenvalue weighted by molar-refractivity contribution is -0.137. The summed E-state index contributed by atoms with van der Waals surface area (Å²) >= 11 is 0. The molecular formula is C17H15F5N6. The number of piperazine rings is 1. The highest BCUT2D eigenvalue weighted by atomic mass is 19.4. The van der Waals surface area contributed by atoms with E-state index in [0.29, 0.717) is 37.7 Å². The third-order valence-electron chi connectivity index (χ3n) is 4.61. The Balaban J connectivity index is 1.50. The van der Waals surface area contributed by atoms with Crippen LogP contribution in [-0.4, -0.2) is 46.0 Å². The van der Waals surface area contributed by atoms with Crippen molar-refractivity contribution < 1.29 is 22.0 Å². The molecule has 0 spiro atoms. The number of fused-ring (bicyclic) bond motifs is 1. The maximum atomic E-state index is 13.0. The molecule has 4 rings (SSSR count). The van der Waals surface area contributed by atoms with Crippen molar-refractivity contribution in [1.82, 2.24) is 19.8 Å². The quantitative estimate of drug-likeness (QED) is 0.633. The SMILES string of the molecule is FC(F)c1nnc2ccc(N3CCN(c4cccc(C(F)(F)F)c4)CC3)nn12. The fourth-order valence-electron chi connectivity index (χ4n) is 3.17. The van der Waals surface area contributed by atoms with Crippen molar-refractivity contribution in [2.75, 3.05) is 36.0 Å². The van der Waals surface area contributed by atoms with Crippen LogP contribution in [0.2, 0.25) is 0 Å². The number of rotatable bonds is 3. The Morgan fingerprint density at radius 3 is 2.29 bits per heavy atom. The molecule has 1 aromatic carbocycles. The van der Waals surface area contributed by atoms with Crippen molar-refractivity contribution >= 4 is 17.2 Å². The number of nitrogens with zero attached hydrogens (tertiary/aromatic N) is 6. The minimum atomic E-state index is -4.39. The second-order valence-corrected chi connectivity index (χ2v) is 6.34. The van der Waals surface area contributed by atoms with Gasteiger partial charge in [0.25, 0.3) is 6.43 Å². The lowest BCUT2D eigenvalue weighted by Crippen LogP contribution is -2.47. The molecule has 148 valence electrons. The summed E-state index contributed by atoms with van der Waals surface area (Å²) in [6, 6.07) is 8.42. The van der Waals surface area contributed by atoms with Gasteiger partial charge in [0, 0.05) is 31.9 Å². The van der Waals surface area contributed by atoms with E-state index >= 15 is 0 Å². The highest BCUT2D eigenvalue weighted by molar-refractivity contribution is 5.52. The maximum Gasteiger partial charge on any atom is 0.416 e. The van der Waals surface area contributed by atoms with Crippen LogP contribution in [0.15, 0.2) is 36.4 Å². The van der Waals surface area contributed by atoms with E-state index < -0.39 is 24.0 Å². The van der Waals surface area contributed by atoms with E-state index in [0.717, 1.165) is 16.6 Å². The van der Waals surface area contributed by atoms with E-state index in [1.807, 2.05) is 9.80 Å². The Bertz CT molecular complexity index is 978. The summed E-state index contributed by atoms with van der Waals surface area (Å²) in [5.41, 5.74) is 0.0324. The summed E-state index contributed by atoms with van der Waals surface area (Å²) in [4.78, 5) is 3.74. The normalized spacial score (nSPS) is 15.6. The van der Waals surface area contributed by atoms with Crippen molar-refractivity contribution in [2.45, 2.75) is 12.6 Å².